The van der Waals surface area contributed by atoms with Gasteiger partial charge in [-0.15, -0.1) is 12.6 Å². The van der Waals surface area contributed by atoms with Crippen molar-refractivity contribution in [3.63, 3.8) is 0 Å². The van der Waals surface area contributed by atoms with Gasteiger partial charge in [0, 0.05) is 6.42 Å². The average molecular weight is 238 g/mol. The Labute approximate surface area is 102 Å². The highest BCUT2D eigenvalue weighted by molar-refractivity contribution is 7.96. The van der Waals surface area contributed by atoms with E-state index in [4.69, 9.17) is 4.74 Å². The molecular weight excluding hydrogens is 220 g/mol. The molecular formula is C13H18O2S. The van der Waals surface area contributed by atoms with Gasteiger partial charge in [0.05, 0.1) is 7.11 Å². The van der Waals surface area contributed by atoms with Crippen LogP contribution in [0.3, 0.4) is 0 Å². The fourth-order valence-corrected chi connectivity index (χ4v) is 2.06. The number of hydrogen-bond donors (Lipinski definition) is 1. The van der Waals surface area contributed by atoms with Gasteiger partial charge in [-0.05, 0) is 30.0 Å². The first-order chi connectivity index (χ1) is 7.67. The number of hydrogen-bond acceptors (Lipinski definition) is 2. The molecule has 1 atom stereocenters. The van der Waals surface area contributed by atoms with E-state index in [1.54, 1.807) is 7.11 Å². The summed E-state index contributed by atoms with van der Waals surface area (Å²) in [7, 11) is 1.65. The summed E-state index contributed by atoms with van der Waals surface area (Å²) < 4.78 is 5.18. The molecule has 0 N–H and O–H groups in total. The smallest absolute Gasteiger partial charge is 0.186 e. The van der Waals surface area contributed by atoms with Crippen LogP contribution in [-0.4, -0.2) is 12.2 Å². The van der Waals surface area contributed by atoms with E-state index in [0.717, 1.165) is 24.2 Å². The number of rotatable bonds is 6. The zero-order chi connectivity index (χ0) is 12.0. The Kier molecular flexibility index (Phi) is 5.39. The second kappa shape index (κ2) is 6.59. The number of ether oxygens (including phenoxy) is 1. The molecule has 0 saturated heterocycles. The fourth-order valence-electron chi connectivity index (χ4n) is 1.84. The highest BCUT2D eigenvalue weighted by Crippen LogP contribution is 2.28. The Bertz CT molecular complexity index is 350. The average Bonchev–Trinajstić information content (AvgIpc) is 2.28. The van der Waals surface area contributed by atoms with E-state index in [-0.39, 0.29) is 11.0 Å². The van der Waals surface area contributed by atoms with Crippen molar-refractivity contribution in [2.75, 3.05) is 7.11 Å². The van der Waals surface area contributed by atoms with Crippen LogP contribution in [0.2, 0.25) is 0 Å². The standard InChI is InChI=1S/C13H18O2S/c1-3-5-10(9-13(14)16)11-6-4-7-12(8-11)15-2/h4,6-8,10H,3,5,9H2,1-2H3,(H,14,16)/t10-/m0/s1. The lowest BCUT2D eigenvalue weighted by molar-refractivity contribution is -0.111. The summed E-state index contributed by atoms with van der Waals surface area (Å²) in [6, 6.07) is 7.91. The molecule has 3 heteroatoms. The first kappa shape index (κ1) is 13.1. The predicted molar refractivity (Wildman–Crippen MR) is 69.3 cm³/mol. The predicted octanol–water partition coefficient (Wildman–Crippen LogP) is 3.43. The highest BCUT2D eigenvalue weighted by Gasteiger charge is 2.13. The van der Waals surface area contributed by atoms with E-state index >= 15 is 0 Å². The lowest BCUT2D eigenvalue weighted by Crippen LogP contribution is -2.03. The minimum atomic E-state index is -0.0544. The van der Waals surface area contributed by atoms with E-state index < -0.39 is 0 Å². The van der Waals surface area contributed by atoms with Crippen molar-refractivity contribution >= 4 is 17.7 Å². The summed E-state index contributed by atoms with van der Waals surface area (Å²) in [4.78, 5) is 11.1. The molecule has 0 aromatic heterocycles. The van der Waals surface area contributed by atoms with Crippen LogP contribution in [-0.2, 0) is 4.79 Å². The van der Waals surface area contributed by atoms with Crippen LogP contribution < -0.4 is 4.74 Å². The normalized spacial score (nSPS) is 12.2. The molecule has 2 nitrogen and oxygen atoms in total. The van der Waals surface area contributed by atoms with Crippen LogP contribution >= 0.6 is 12.6 Å². The van der Waals surface area contributed by atoms with E-state index in [1.807, 2.05) is 24.3 Å². The molecule has 16 heavy (non-hydrogen) atoms. The largest absolute Gasteiger partial charge is 0.497 e. The Morgan fingerprint density at radius 2 is 2.25 bits per heavy atom. The zero-order valence-corrected chi connectivity index (χ0v) is 10.7. The molecule has 1 rings (SSSR count). The molecule has 0 radical (unpaired) electrons. The first-order valence-electron chi connectivity index (χ1n) is 5.53. The molecule has 0 unspecified atom stereocenters. The molecule has 0 aliphatic rings. The third-order valence-corrected chi connectivity index (χ3v) is 2.81. The molecule has 0 aliphatic carbocycles. The lowest BCUT2D eigenvalue weighted by Gasteiger charge is -2.15. The molecule has 0 fully saturated rings. The monoisotopic (exact) mass is 238 g/mol. The van der Waals surface area contributed by atoms with Gasteiger partial charge in [0.2, 0.25) is 0 Å². The van der Waals surface area contributed by atoms with Gasteiger partial charge in [0.1, 0.15) is 5.75 Å². The second-order valence-corrected chi connectivity index (χ2v) is 4.36. The summed E-state index contributed by atoms with van der Waals surface area (Å²) >= 11 is 3.86. The van der Waals surface area contributed by atoms with Crippen molar-refractivity contribution in [2.45, 2.75) is 32.1 Å². The number of carbonyl (C=O) groups is 1. The lowest BCUT2D eigenvalue weighted by atomic mass is 9.92. The Balaban J connectivity index is 2.86. The minimum Gasteiger partial charge on any atom is -0.497 e. The van der Waals surface area contributed by atoms with Gasteiger partial charge in [0.25, 0.3) is 0 Å². The topological polar surface area (TPSA) is 26.3 Å². The summed E-state index contributed by atoms with van der Waals surface area (Å²) in [5.74, 6) is 1.09. The maximum atomic E-state index is 11.1. The molecule has 88 valence electrons. The number of carbonyl (C=O) groups excluding carboxylic acids is 1. The quantitative estimate of drug-likeness (QED) is 0.768. The van der Waals surface area contributed by atoms with Crippen molar-refractivity contribution in [3.05, 3.63) is 29.8 Å². The van der Waals surface area contributed by atoms with Gasteiger partial charge in [-0.3, -0.25) is 4.79 Å². The number of methoxy groups -OCH3 is 1. The molecule has 0 saturated carbocycles. The van der Waals surface area contributed by atoms with Crippen LogP contribution in [0.15, 0.2) is 24.3 Å². The van der Waals surface area contributed by atoms with Gasteiger partial charge in [-0.25, -0.2) is 0 Å². The van der Waals surface area contributed by atoms with Gasteiger partial charge in [0.15, 0.2) is 5.12 Å². The van der Waals surface area contributed by atoms with Crippen molar-refractivity contribution in [1.82, 2.24) is 0 Å². The van der Waals surface area contributed by atoms with Gasteiger partial charge < -0.3 is 4.74 Å². The molecule has 0 spiro atoms. The minimum absolute atomic E-state index is 0.0544. The molecule has 0 heterocycles. The summed E-state index contributed by atoms with van der Waals surface area (Å²) in [6.45, 7) is 2.12. The van der Waals surface area contributed by atoms with Crippen LogP contribution in [0.1, 0.15) is 37.7 Å². The van der Waals surface area contributed by atoms with Crippen LogP contribution in [0.4, 0.5) is 0 Å². The van der Waals surface area contributed by atoms with Crippen molar-refractivity contribution < 1.29 is 9.53 Å². The maximum absolute atomic E-state index is 11.1. The third-order valence-electron chi connectivity index (χ3n) is 2.62. The Morgan fingerprint density at radius 3 is 2.81 bits per heavy atom. The molecule has 0 aliphatic heterocycles. The van der Waals surface area contributed by atoms with E-state index in [2.05, 4.69) is 19.6 Å². The van der Waals surface area contributed by atoms with Crippen molar-refractivity contribution in [1.29, 1.82) is 0 Å². The SMILES string of the molecule is CCC[C@@H](CC(=O)S)c1cccc(OC)c1. The van der Waals surface area contributed by atoms with Crippen molar-refractivity contribution in [3.8, 4) is 5.75 Å². The number of benzene rings is 1. The van der Waals surface area contributed by atoms with E-state index in [9.17, 15) is 4.79 Å². The summed E-state index contributed by atoms with van der Waals surface area (Å²) in [5.41, 5.74) is 1.16. The first-order valence-corrected chi connectivity index (χ1v) is 5.97. The summed E-state index contributed by atoms with van der Waals surface area (Å²) in [5, 5.41) is -0.0544. The maximum Gasteiger partial charge on any atom is 0.186 e. The molecule has 1 aromatic rings. The van der Waals surface area contributed by atoms with Gasteiger partial charge in [-0.1, -0.05) is 25.5 Å². The summed E-state index contributed by atoms with van der Waals surface area (Å²) in [6.07, 6.45) is 2.55. The molecule has 1 aromatic carbocycles. The van der Waals surface area contributed by atoms with E-state index in [1.165, 1.54) is 0 Å². The molecule has 0 bridgehead atoms. The Morgan fingerprint density at radius 1 is 1.50 bits per heavy atom. The van der Waals surface area contributed by atoms with Crippen LogP contribution in [0.5, 0.6) is 5.75 Å². The molecule has 0 amide bonds. The second-order valence-electron chi connectivity index (χ2n) is 3.86. The van der Waals surface area contributed by atoms with Gasteiger partial charge >= 0.3 is 0 Å². The number of thiol groups is 1. The highest BCUT2D eigenvalue weighted by atomic mass is 32.1. The third kappa shape index (κ3) is 3.89. The zero-order valence-electron chi connectivity index (χ0n) is 9.77. The van der Waals surface area contributed by atoms with Gasteiger partial charge in [-0.2, -0.15) is 0 Å². The van der Waals surface area contributed by atoms with Crippen LogP contribution in [0, 0.1) is 0 Å². The fraction of sp³-hybridized carbons (Fsp3) is 0.462. The van der Waals surface area contributed by atoms with E-state index in [0.29, 0.717) is 6.42 Å². The Hall–Kier alpha value is -0.960. The van der Waals surface area contributed by atoms with Crippen molar-refractivity contribution in [2.24, 2.45) is 0 Å². The van der Waals surface area contributed by atoms with Crippen LogP contribution in [0.25, 0.3) is 0 Å².